The van der Waals surface area contributed by atoms with E-state index in [2.05, 4.69) is 10.3 Å². The fourth-order valence-corrected chi connectivity index (χ4v) is 4.78. The Kier molecular flexibility index (Phi) is 6.08. The molecule has 2 heterocycles. The lowest BCUT2D eigenvalue weighted by Crippen LogP contribution is -2.23. The summed E-state index contributed by atoms with van der Waals surface area (Å²) in [4.78, 5) is 41.8. The second-order valence-electron chi connectivity index (χ2n) is 6.37. The summed E-state index contributed by atoms with van der Waals surface area (Å²) < 4.78 is 1.41. The fraction of sp³-hybridized carbons (Fsp3) is 0.0476. The topological polar surface area (TPSA) is 107 Å². The second-order valence-corrected chi connectivity index (χ2v) is 8.63. The molecule has 0 spiro atoms. The van der Waals surface area contributed by atoms with Gasteiger partial charge in [-0.05, 0) is 35.7 Å². The fourth-order valence-electron chi connectivity index (χ4n) is 2.95. The van der Waals surface area contributed by atoms with Crippen molar-refractivity contribution >= 4 is 62.4 Å². The molecule has 0 aliphatic rings. The summed E-state index contributed by atoms with van der Waals surface area (Å²) in [6.07, 6.45) is 0. The Morgan fingerprint density at radius 2 is 1.87 bits per heavy atom. The van der Waals surface area contributed by atoms with Gasteiger partial charge in [-0.3, -0.25) is 19.0 Å². The average Bonchev–Trinajstić information content (AvgIpc) is 3.22. The van der Waals surface area contributed by atoms with E-state index in [4.69, 9.17) is 17.3 Å². The molecular weight excluding hydrogens is 456 g/mol. The number of hydrogen-bond acceptors (Lipinski definition) is 6. The Morgan fingerprint density at radius 1 is 1.13 bits per heavy atom. The number of thiophene rings is 1. The number of benzene rings is 2. The predicted molar refractivity (Wildman–Crippen MR) is 125 cm³/mol. The van der Waals surface area contributed by atoms with Gasteiger partial charge in [0.25, 0.3) is 11.5 Å². The van der Waals surface area contributed by atoms with E-state index < -0.39 is 5.91 Å². The third kappa shape index (κ3) is 4.34. The molecule has 0 atom stereocenters. The zero-order chi connectivity index (χ0) is 22.0. The van der Waals surface area contributed by atoms with Crippen LogP contribution >= 0.6 is 34.7 Å². The van der Waals surface area contributed by atoms with E-state index in [0.717, 1.165) is 11.8 Å². The molecule has 0 aliphatic carbocycles. The van der Waals surface area contributed by atoms with Crippen molar-refractivity contribution in [2.45, 2.75) is 5.16 Å². The van der Waals surface area contributed by atoms with Crippen LogP contribution < -0.4 is 16.6 Å². The van der Waals surface area contributed by atoms with E-state index >= 15 is 0 Å². The number of nitrogens with two attached hydrogens (primary N) is 1. The van der Waals surface area contributed by atoms with Gasteiger partial charge in [0, 0.05) is 0 Å². The summed E-state index contributed by atoms with van der Waals surface area (Å²) in [5.74, 6) is -1.01. The van der Waals surface area contributed by atoms with E-state index in [9.17, 15) is 14.4 Å². The van der Waals surface area contributed by atoms with Gasteiger partial charge in [0.15, 0.2) is 5.16 Å². The standard InChI is InChI=1S/C21H15ClN4O3S2/c22-14-6-2-4-8-16(14)26-20(29)12-5-1-3-7-15(12)24-21(26)31-11-17(27)25-19-13(18(23)28)9-10-30-19/h1-10H,11H2,(H2,23,28)(H,25,27). The Hall–Kier alpha value is -3.14. The summed E-state index contributed by atoms with van der Waals surface area (Å²) >= 11 is 8.64. The number of aromatic nitrogens is 2. The number of carbonyl (C=O) groups is 2. The van der Waals surface area contributed by atoms with Crippen molar-refractivity contribution in [3.05, 3.63) is 80.9 Å². The first-order valence-corrected chi connectivity index (χ1v) is 11.3. The summed E-state index contributed by atoms with van der Waals surface area (Å²) in [6.45, 7) is 0. The lowest BCUT2D eigenvalue weighted by Gasteiger charge is -2.14. The first-order chi connectivity index (χ1) is 15.0. The molecule has 31 heavy (non-hydrogen) atoms. The highest BCUT2D eigenvalue weighted by molar-refractivity contribution is 7.99. The van der Waals surface area contributed by atoms with Crippen LogP contribution in [0.1, 0.15) is 10.4 Å². The molecule has 4 aromatic rings. The van der Waals surface area contributed by atoms with Crippen LogP contribution in [0.4, 0.5) is 5.00 Å². The molecule has 10 heteroatoms. The van der Waals surface area contributed by atoms with Crippen LogP contribution in [-0.4, -0.2) is 27.1 Å². The highest BCUT2D eigenvalue weighted by Gasteiger charge is 2.17. The minimum absolute atomic E-state index is 0.0364. The van der Waals surface area contributed by atoms with Crippen LogP contribution in [0.5, 0.6) is 0 Å². The van der Waals surface area contributed by atoms with Crippen LogP contribution in [0.25, 0.3) is 16.6 Å². The Labute approximate surface area is 189 Å². The number of hydrogen-bond donors (Lipinski definition) is 2. The maximum Gasteiger partial charge on any atom is 0.266 e. The number of nitrogens with zero attached hydrogens (tertiary/aromatic N) is 2. The number of rotatable bonds is 6. The van der Waals surface area contributed by atoms with Crippen molar-refractivity contribution < 1.29 is 9.59 Å². The van der Waals surface area contributed by atoms with Gasteiger partial charge in [-0.15, -0.1) is 11.3 Å². The van der Waals surface area contributed by atoms with Gasteiger partial charge < -0.3 is 11.1 Å². The number of nitrogens with one attached hydrogen (secondary N) is 1. The molecule has 7 nitrogen and oxygen atoms in total. The number of amides is 2. The number of thioether (sulfide) groups is 1. The van der Waals surface area contributed by atoms with E-state index in [1.165, 1.54) is 15.9 Å². The van der Waals surface area contributed by atoms with Crippen LogP contribution in [-0.2, 0) is 4.79 Å². The molecular formula is C21H15ClN4O3S2. The van der Waals surface area contributed by atoms with E-state index in [0.29, 0.717) is 31.8 Å². The zero-order valence-electron chi connectivity index (χ0n) is 15.9. The van der Waals surface area contributed by atoms with E-state index in [-0.39, 0.29) is 22.8 Å². The molecule has 0 saturated carbocycles. The first-order valence-electron chi connectivity index (χ1n) is 9.02. The third-order valence-corrected chi connectivity index (χ3v) is 6.44. The number of para-hydroxylation sites is 2. The van der Waals surface area contributed by atoms with Crippen LogP contribution in [0.2, 0.25) is 5.02 Å². The lowest BCUT2D eigenvalue weighted by molar-refractivity contribution is -0.113. The number of carbonyl (C=O) groups excluding carboxylic acids is 2. The zero-order valence-corrected chi connectivity index (χ0v) is 18.3. The quantitative estimate of drug-likeness (QED) is 0.328. The van der Waals surface area contributed by atoms with Gasteiger partial charge in [0.05, 0.1) is 32.9 Å². The maximum absolute atomic E-state index is 13.2. The SMILES string of the molecule is NC(=O)c1ccsc1NC(=O)CSc1nc2ccccc2c(=O)n1-c1ccccc1Cl. The van der Waals surface area contributed by atoms with Gasteiger partial charge in [-0.25, -0.2) is 4.98 Å². The number of fused-ring (bicyclic) bond motifs is 1. The largest absolute Gasteiger partial charge is 0.366 e. The Balaban J connectivity index is 1.68. The van der Waals surface area contributed by atoms with Gasteiger partial charge in [-0.1, -0.05) is 47.6 Å². The van der Waals surface area contributed by atoms with Crippen molar-refractivity contribution in [2.75, 3.05) is 11.1 Å². The van der Waals surface area contributed by atoms with Crippen molar-refractivity contribution in [2.24, 2.45) is 5.73 Å². The molecule has 0 bridgehead atoms. The second kappa shape index (κ2) is 8.93. The highest BCUT2D eigenvalue weighted by atomic mass is 35.5. The number of halogens is 1. The van der Waals surface area contributed by atoms with Gasteiger partial charge >= 0.3 is 0 Å². The lowest BCUT2D eigenvalue weighted by atomic mass is 10.2. The van der Waals surface area contributed by atoms with Crippen LogP contribution in [0, 0.1) is 0 Å². The molecule has 3 N–H and O–H groups in total. The summed E-state index contributed by atoms with van der Waals surface area (Å²) in [5, 5.41) is 5.89. The van der Waals surface area contributed by atoms with Crippen LogP contribution in [0.3, 0.4) is 0 Å². The minimum atomic E-state index is -0.618. The summed E-state index contributed by atoms with van der Waals surface area (Å²) in [7, 11) is 0. The van der Waals surface area contributed by atoms with Gasteiger partial charge in [0.1, 0.15) is 5.00 Å². The van der Waals surface area contributed by atoms with Crippen molar-refractivity contribution in [1.29, 1.82) is 0 Å². The summed E-state index contributed by atoms with van der Waals surface area (Å²) in [6, 6.07) is 15.5. The van der Waals surface area contributed by atoms with E-state index in [1.54, 1.807) is 60.0 Å². The minimum Gasteiger partial charge on any atom is -0.366 e. The first kappa shape index (κ1) is 21.1. The monoisotopic (exact) mass is 470 g/mol. The van der Waals surface area contributed by atoms with Crippen LogP contribution in [0.15, 0.2) is 69.9 Å². The molecule has 4 rings (SSSR count). The highest BCUT2D eigenvalue weighted by Crippen LogP contribution is 2.27. The smallest absolute Gasteiger partial charge is 0.266 e. The van der Waals surface area contributed by atoms with Crippen molar-refractivity contribution in [1.82, 2.24) is 9.55 Å². The molecule has 0 aliphatic heterocycles. The van der Waals surface area contributed by atoms with E-state index in [1.807, 2.05) is 0 Å². The third-order valence-electron chi connectivity index (χ3n) is 4.35. The van der Waals surface area contributed by atoms with Gasteiger partial charge in [0.2, 0.25) is 5.91 Å². The predicted octanol–water partition coefficient (Wildman–Crippen LogP) is 3.93. The average molecular weight is 471 g/mol. The van der Waals surface area contributed by atoms with Gasteiger partial charge in [-0.2, -0.15) is 0 Å². The van der Waals surface area contributed by atoms with Crippen molar-refractivity contribution in [3.63, 3.8) is 0 Å². The maximum atomic E-state index is 13.2. The molecule has 2 aromatic heterocycles. The molecule has 0 radical (unpaired) electrons. The summed E-state index contributed by atoms with van der Waals surface area (Å²) in [5.41, 5.74) is 6.28. The molecule has 156 valence electrons. The normalized spacial score (nSPS) is 10.9. The molecule has 0 unspecified atom stereocenters. The molecule has 0 saturated heterocycles. The molecule has 2 amide bonds. The Morgan fingerprint density at radius 3 is 2.65 bits per heavy atom. The molecule has 0 fully saturated rings. The molecule has 2 aromatic carbocycles. The van der Waals surface area contributed by atoms with Crippen molar-refractivity contribution in [3.8, 4) is 5.69 Å². The number of anilines is 1. The number of primary amides is 1. The Bertz CT molecular complexity index is 1370.